The largest absolute Gasteiger partial charge is 0.390 e. The molecular formula is C16H20O2. The maximum atomic E-state index is 10.3. The molecule has 0 saturated carbocycles. The first kappa shape index (κ1) is 13.1. The van der Waals surface area contributed by atoms with E-state index in [0.29, 0.717) is 6.42 Å². The van der Waals surface area contributed by atoms with Gasteiger partial charge in [-0.1, -0.05) is 42.5 Å². The van der Waals surface area contributed by atoms with E-state index < -0.39 is 11.7 Å². The van der Waals surface area contributed by atoms with Crippen LogP contribution in [-0.2, 0) is 11.2 Å². The monoisotopic (exact) mass is 244 g/mol. The Morgan fingerprint density at radius 3 is 2.50 bits per heavy atom. The van der Waals surface area contributed by atoms with Gasteiger partial charge in [-0.05, 0) is 30.2 Å². The average molecular weight is 244 g/mol. The molecule has 1 N–H and O–H groups in total. The molecule has 0 fully saturated rings. The normalized spacial score (nSPS) is 13.8. The van der Waals surface area contributed by atoms with Crippen LogP contribution >= 0.6 is 0 Å². The number of hydrogen-bond donors (Lipinski definition) is 1. The van der Waals surface area contributed by atoms with Crippen molar-refractivity contribution in [1.82, 2.24) is 0 Å². The zero-order valence-corrected chi connectivity index (χ0v) is 11.2. The Morgan fingerprint density at radius 2 is 1.78 bits per heavy atom. The highest BCUT2D eigenvalue weighted by Gasteiger charge is 2.27. The van der Waals surface area contributed by atoms with Crippen molar-refractivity contribution >= 4 is 10.8 Å². The van der Waals surface area contributed by atoms with E-state index in [1.165, 1.54) is 10.8 Å². The van der Waals surface area contributed by atoms with Crippen molar-refractivity contribution in [2.45, 2.75) is 32.0 Å². The standard InChI is InChI=1S/C16H20O2/c1-16(2,18-3)15(17)11-13-9-6-8-12-7-4-5-10-14(12)13/h4-10,15,17H,11H2,1-3H3. The second kappa shape index (κ2) is 5.09. The summed E-state index contributed by atoms with van der Waals surface area (Å²) < 4.78 is 5.33. The summed E-state index contributed by atoms with van der Waals surface area (Å²) in [6.07, 6.45) is 0.0793. The second-order valence-electron chi connectivity index (χ2n) is 5.17. The number of hydrogen-bond acceptors (Lipinski definition) is 2. The molecule has 0 aliphatic heterocycles. The van der Waals surface area contributed by atoms with Gasteiger partial charge >= 0.3 is 0 Å². The van der Waals surface area contributed by atoms with Crippen LogP contribution in [-0.4, -0.2) is 23.9 Å². The number of aliphatic hydroxyl groups excluding tert-OH is 1. The number of ether oxygens (including phenoxy) is 1. The first-order chi connectivity index (χ1) is 8.54. The van der Waals surface area contributed by atoms with Crippen LogP contribution in [0, 0.1) is 0 Å². The molecule has 0 bridgehead atoms. The molecule has 0 aliphatic carbocycles. The summed E-state index contributed by atoms with van der Waals surface area (Å²) in [6.45, 7) is 3.81. The van der Waals surface area contributed by atoms with Gasteiger partial charge in [0.05, 0.1) is 11.7 Å². The minimum atomic E-state index is -0.531. The van der Waals surface area contributed by atoms with E-state index in [1.54, 1.807) is 7.11 Å². The van der Waals surface area contributed by atoms with Crippen LogP contribution in [0.2, 0.25) is 0 Å². The fourth-order valence-corrected chi connectivity index (χ4v) is 2.06. The van der Waals surface area contributed by atoms with Crippen molar-refractivity contribution in [2.24, 2.45) is 0 Å². The van der Waals surface area contributed by atoms with Crippen molar-refractivity contribution in [3.05, 3.63) is 48.0 Å². The first-order valence-electron chi connectivity index (χ1n) is 6.24. The SMILES string of the molecule is COC(C)(C)C(O)Cc1cccc2ccccc12. The molecule has 0 amide bonds. The second-order valence-corrected chi connectivity index (χ2v) is 5.17. The Labute approximate surface area is 108 Å². The maximum Gasteiger partial charge on any atom is 0.0883 e. The highest BCUT2D eigenvalue weighted by molar-refractivity contribution is 5.85. The minimum Gasteiger partial charge on any atom is -0.390 e. The van der Waals surface area contributed by atoms with Gasteiger partial charge in [-0.3, -0.25) is 0 Å². The molecular weight excluding hydrogens is 224 g/mol. The molecule has 1 unspecified atom stereocenters. The third-order valence-electron chi connectivity index (χ3n) is 3.62. The number of aliphatic hydroxyl groups is 1. The van der Waals surface area contributed by atoms with Crippen molar-refractivity contribution in [3.8, 4) is 0 Å². The van der Waals surface area contributed by atoms with Gasteiger partial charge in [0.15, 0.2) is 0 Å². The summed E-state index contributed by atoms with van der Waals surface area (Å²) in [5, 5.41) is 12.7. The zero-order chi connectivity index (χ0) is 13.2. The smallest absolute Gasteiger partial charge is 0.0883 e. The van der Waals surface area contributed by atoms with Gasteiger partial charge in [-0.25, -0.2) is 0 Å². The maximum absolute atomic E-state index is 10.3. The Morgan fingerprint density at radius 1 is 1.11 bits per heavy atom. The molecule has 2 aromatic rings. The van der Waals surface area contributed by atoms with Crippen molar-refractivity contribution in [3.63, 3.8) is 0 Å². The Hall–Kier alpha value is -1.38. The lowest BCUT2D eigenvalue weighted by atomic mass is 9.92. The predicted octanol–water partition coefficient (Wildman–Crippen LogP) is 3.17. The lowest BCUT2D eigenvalue weighted by Gasteiger charge is -2.29. The summed E-state index contributed by atoms with van der Waals surface area (Å²) in [6, 6.07) is 14.4. The van der Waals surface area contributed by atoms with Crippen LogP contribution in [0.5, 0.6) is 0 Å². The highest BCUT2D eigenvalue weighted by atomic mass is 16.5. The van der Waals surface area contributed by atoms with Gasteiger partial charge in [-0.15, -0.1) is 0 Å². The fraction of sp³-hybridized carbons (Fsp3) is 0.375. The fourth-order valence-electron chi connectivity index (χ4n) is 2.06. The van der Waals surface area contributed by atoms with E-state index in [9.17, 15) is 5.11 Å². The lowest BCUT2D eigenvalue weighted by Crippen LogP contribution is -2.39. The van der Waals surface area contributed by atoms with Gasteiger partial charge < -0.3 is 9.84 Å². The van der Waals surface area contributed by atoms with Crippen LogP contribution in [0.25, 0.3) is 10.8 Å². The Kier molecular flexibility index (Phi) is 3.69. The molecule has 0 heterocycles. The van der Waals surface area contributed by atoms with E-state index in [2.05, 4.69) is 24.3 Å². The lowest BCUT2D eigenvalue weighted by molar-refractivity contribution is -0.0763. The number of benzene rings is 2. The molecule has 0 aromatic heterocycles. The zero-order valence-electron chi connectivity index (χ0n) is 11.2. The first-order valence-corrected chi connectivity index (χ1v) is 6.24. The van der Waals surface area contributed by atoms with Crippen molar-refractivity contribution in [2.75, 3.05) is 7.11 Å². The molecule has 2 nitrogen and oxygen atoms in total. The van der Waals surface area contributed by atoms with Gasteiger partial charge in [0, 0.05) is 13.5 Å². The van der Waals surface area contributed by atoms with E-state index in [4.69, 9.17) is 4.74 Å². The third-order valence-corrected chi connectivity index (χ3v) is 3.62. The van der Waals surface area contributed by atoms with E-state index in [0.717, 1.165) is 5.56 Å². The molecule has 1 atom stereocenters. The van der Waals surface area contributed by atoms with Gasteiger partial charge in [0.25, 0.3) is 0 Å². The number of methoxy groups -OCH3 is 1. The van der Waals surface area contributed by atoms with Crippen LogP contribution in [0.15, 0.2) is 42.5 Å². The quantitative estimate of drug-likeness (QED) is 0.895. The molecule has 96 valence electrons. The third kappa shape index (κ3) is 2.55. The van der Waals surface area contributed by atoms with Crippen molar-refractivity contribution in [1.29, 1.82) is 0 Å². The predicted molar refractivity (Wildman–Crippen MR) is 74.7 cm³/mol. The molecule has 2 rings (SSSR count). The van der Waals surface area contributed by atoms with Gasteiger partial charge in [0.2, 0.25) is 0 Å². The minimum absolute atomic E-state index is 0.520. The molecule has 2 heteroatoms. The van der Waals surface area contributed by atoms with Crippen molar-refractivity contribution < 1.29 is 9.84 Å². The van der Waals surface area contributed by atoms with E-state index in [-0.39, 0.29) is 0 Å². The molecule has 0 radical (unpaired) electrons. The summed E-state index contributed by atoms with van der Waals surface area (Å²) in [4.78, 5) is 0. The molecule has 0 spiro atoms. The summed E-state index contributed by atoms with van der Waals surface area (Å²) >= 11 is 0. The van der Waals surface area contributed by atoms with Gasteiger partial charge in [-0.2, -0.15) is 0 Å². The number of fused-ring (bicyclic) bond motifs is 1. The summed E-state index contributed by atoms with van der Waals surface area (Å²) in [5.41, 5.74) is 0.627. The summed E-state index contributed by atoms with van der Waals surface area (Å²) in [7, 11) is 1.63. The number of rotatable bonds is 4. The van der Waals surface area contributed by atoms with Crippen LogP contribution < -0.4 is 0 Å². The molecule has 0 aliphatic rings. The van der Waals surface area contributed by atoms with Crippen LogP contribution in [0.4, 0.5) is 0 Å². The molecule has 2 aromatic carbocycles. The Bertz CT molecular complexity index is 526. The Balaban J connectivity index is 2.32. The highest BCUT2D eigenvalue weighted by Crippen LogP contribution is 2.23. The molecule has 0 saturated heterocycles. The van der Waals surface area contributed by atoms with E-state index in [1.807, 2.05) is 32.0 Å². The van der Waals surface area contributed by atoms with Crippen LogP contribution in [0.3, 0.4) is 0 Å². The topological polar surface area (TPSA) is 29.5 Å². The summed E-state index contributed by atoms with van der Waals surface area (Å²) in [5.74, 6) is 0. The molecule has 18 heavy (non-hydrogen) atoms. The average Bonchev–Trinajstić information content (AvgIpc) is 2.39. The van der Waals surface area contributed by atoms with Gasteiger partial charge in [0.1, 0.15) is 0 Å². The van der Waals surface area contributed by atoms with E-state index >= 15 is 0 Å². The van der Waals surface area contributed by atoms with Crippen LogP contribution in [0.1, 0.15) is 19.4 Å².